The van der Waals surface area contributed by atoms with Crippen molar-refractivity contribution in [2.24, 2.45) is 5.41 Å². The zero-order chi connectivity index (χ0) is 20.9. The third kappa shape index (κ3) is 3.43. The van der Waals surface area contributed by atoms with Crippen LogP contribution in [-0.2, 0) is 22.3 Å². The summed E-state index contributed by atoms with van der Waals surface area (Å²) < 4.78 is 44.7. The number of nitrogens with one attached hydrogen (secondary N) is 1. The number of hydrogen-bond donors (Lipinski definition) is 2. The Balaban J connectivity index is 1.50. The second-order valence-corrected chi connectivity index (χ2v) is 8.23. The first-order chi connectivity index (χ1) is 13.7. The molecule has 3 saturated carbocycles. The topological polar surface area (TPSA) is 71.5 Å². The number of aromatic nitrogens is 1. The zero-order valence-electron chi connectivity index (χ0n) is 16.1. The molecule has 0 unspecified atom stereocenters. The third-order valence-corrected chi connectivity index (χ3v) is 6.70. The molecule has 2 bridgehead atoms. The van der Waals surface area contributed by atoms with Crippen molar-refractivity contribution in [3.05, 3.63) is 35.5 Å². The van der Waals surface area contributed by atoms with Gasteiger partial charge in [-0.25, -0.2) is 0 Å². The van der Waals surface area contributed by atoms with Crippen LogP contribution in [0.25, 0.3) is 10.9 Å². The number of nitrogens with zero attached hydrogens (tertiary/aromatic N) is 1. The van der Waals surface area contributed by atoms with Crippen molar-refractivity contribution in [2.45, 2.75) is 56.8 Å². The van der Waals surface area contributed by atoms with Crippen molar-refractivity contribution < 1.29 is 27.8 Å². The molecule has 1 heterocycles. The van der Waals surface area contributed by atoms with E-state index in [1.165, 1.54) is 19.2 Å². The first-order valence-corrected chi connectivity index (χ1v) is 9.70. The number of phenols is 1. The van der Waals surface area contributed by atoms with Crippen LogP contribution in [0.4, 0.5) is 13.2 Å². The minimum absolute atomic E-state index is 0.0709. The van der Waals surface area contributed by atoms with Crippen molar-refractivity contribution in [1.29, 1.82) is 0 Å². The average molecular weight is 408 g/mol. The van der Waals surface area contributed by atoms with Gasteiger partial charge in [-0.2, -0.15) is 13.2 Å². The quantitative estimate of drug-likeness (QED) is 0.738. The maximum Gasteiger partial charge on any atom is 0.420 e. The lowest BCUT2D eigenvalue weighted by molar-refractivity contribution is -0.160. The Hall–Kier alpha value is -2.35. The number of pyridine rings is 1. The maximum absolute atomic E-state index is 13.3. The number of methoxy groups -OCH3 is 1. The number of halogens is 3. The summed E-state index contributed by atoms with van der Waals surface area (Å²) in [7, 11) is 1.43. The predicted octanol–water partition coefficient (Wildman–Crippen LogP) is 4.31. The minimum Gasteiger partial charge on any atom is -0.507 e. The van der Waals surface area contributed by atoms with Gasteiger partial charge in [-0.05, 0) is 56.7 Å². The van der Waals surface area contributed by atoms with E-state index in [1.54, 1.807) is 6.07 Å². The molecule has 3 aliphatic rings. The van der Waals surface area contributed by atoms with Gasteiger partial charge in [0.2, 0.25) is 0 Å². The van der Waals surface area contributed by atoms with Crippen molar-refractivity contribution in [1.82, 2.24) is 10.3 Å². The molecule has 0 atom stereocenters. The molecule has 2 N–H and O–H groups in total. The Kier molecular flexibility index (Phi) is 4.72. The SMILES string of the molecule is COC(=O)C12CCC(NCc3ccc4c(C(F)(F)F)c(O)ccc4n3)(CC1)CC2. The van der Waals surface area contributed by atoms with Crippen LogP contribution in [0.3, 0.4) is 0 Å². The Morgan fingerprint density at radius 3 is 2.38 bits per heavy atom. The maximum atomic E-state index is 13.3. The largest absolute Gasteiger partial charge is 0.507 e. The van der Waals surface area contributed by atoms with Gasteiger partial charge in [0.15, 0.2) is 0 Å². The molecular weight excluding hydrogens is 385 g/mol. The molecule has 0 saturated heterocycles. The van der Waals surface area contributed by atoms with Gasteiger partial charge in [0.1, 0.15) is 11.3 Å². The number of benzene rings is 1. The lowest BCUT2D eigenvalue weighted by Crippen LogP contribution is -2.56. The molecule has 0 amide bonds. The molecule has 2 aromatic rings. The lowest BCUT2D eigenvalue weighted by atomic mass is 9.57. The number of fused-ring (bicyclic) bond motifs is 4. The lowest BCUT2D eigenvalue weighted by Gasteiger charge is -2.52. The summed E-state index contributed by atoms with van der Waals surface area (Å²) in [5.74, 6) is -0.916. The van der Waals surface area contributed by atoms with Gasteiger partial charge in [-0.15, -0.1) is 0 Å². The molecular formula is C21H23F3N2O3. The molecule has 1 aromatic carbocycles. The highest BCUT2D eigenvalue weighted by atomic mass is 19.4. The summed E-state index contributed by atoms with van der Waals surface area (Å²) in [5.41, 5.74) is -0.641. The summed E-state index contributed by atoms with van der Waals surface area (Å²) in [6.07, 6.45) is 0.287. The van der Waals surface area contributed by atoms with Gasteiger partial charge in [-0.1, -0.05) is 6.07 Å². The van der Waals surface area contributed by atoms with E-state index in [4.69, 9.17) is 4.74 Å². The Morgan fingerprint density at radius 1 is 1.14 bits per heavy atom. The number of alkyl halides is 3. The molecule has 1 aromatic heterocycles. The summed E-state index contributed by atoms with van der Waals surface area (Å²) in [6, 6.07) is 5.35. The molecule has 156 valence electrons. The number of esters is 1. The molecule has 3 fully saturated rings. The molecule has 3 aliphatic carbocycles. The Labute approximate surface area is 166 Å². The van der Waals surface area contributed by atoms with Crippen LogP contribution < -0.4 is 5.32 Å². The second-order valence-electron chi connectivity index (χ2n) is 8.23. The summed E-state index contributed by atoms with van der Waals surface area (Å²) in [5, 5.41) is 13.1. The number of carbonyl (C=O) groups is 1. The van der Waals surface area contributed by atoms with Crippen LogP contribution in [0.15, 0.2) is 24.3 Å². The normalized spacial score (nSPS) is 26.6. The number of ether oxygens (including phenoxy) is 1. The fourth-order valence-electron chi connectivity index (χ4n) is 4.88. The van der Waals surface area contributed by atoms with E-state index in [-0.39, 0.29) is 27.8 Å². The van der Waals surface area contributed by atoms with Gasteiger partial charge in [-0.3, -0.25) is 9.78 Å². The first kappa shape index (κ1) is 19.9. The summed E-state index contributed by atoms with van der Waals surface area (Å²) in [6.45, 7) is 0.434. The van der Waals surface area contributed by atoms with E-state index in [1.807, 2.05) is 0 Å². The van der Waals surface area contributed by atoms with Gasteiger partial charge in [0, 0.05) is 17.5 Å². The highest BCUT2D eigenvalue weighted by Gasteiger charge is 2.52. The van der Waals surface area contributed by atoms with E-state index >= 15 is 0 Å². The molecule has 29 heavy (non-hydrogen) atoms. The minimum atomic E-state index is -4.65. The first-order valence-electron chi connectivity index (χ1n) is 9.70. The third-order valence-electron chi connectivity index (χ3n) is 6.70. The van der Waals surface area contributed by atoms with Crippen LogP contribution in [-0.4, -0.2) is 28.7 Å². The zero-order valence-corrected chi connectivity index (χ0v) is 16.1. The van der Waals surface area contributed by atoms with Crippen molar-refractivity contribution in [3.63, 3.8) is 0 Å². The van der Waals surface area contributed by atoms with Crippen LogP contribution in [0.5, 0.6) is 5.75 Å². The van der Waals surface area contributed by atoms with E-state index in [9.17, 15) is 23.1 Å². The Morgan fingerprint density at radius 2 is 1.79 bits per heavy atom. The molecule has 0 aliphatic heterocycles. The Bertz CT molecular complexity index is 934. The highest BCUT2D eigenvalue weighted by molar-refractivity contribution is 5.85. The summed E-state index contributed by atoms with van der Waals surface area (Å²) >= 11 is 0. The van der Waals surface area contributed by atoms with E-state index in [0.717, 1.165) is 44.6 Å². The van der Waals surface area contributed by atoms with E-state index in [0.29, 0.717) is 12.2 Å². The molecule has 8 heteroatoms. The fraction of sp³-hybridized carbons (Fsp3) is 0.524. The van der Waals surface area contributed by atoms with Crippen molar-refractivity contribution in [2.75, 3.05) is 7.11 Å². The molecule has 0 radical (unpaired) electrons. The van der Waals surface area contributed by atoms with Crippen LogP contribution in [0.1, 0.15) is 49.8 Å². The van der Waals surface area contributed by atoms with Gasteiger partial charge in [0.05, 0.1) is 23.7 Å². The summed E-state index contributed by atoms with van der Waals surface area (Å²) in [4.78, 5) is 16.5. The predicted molar refractivity (Wildman–Crippen MR) is 100 cm³/mol. The standard InChI is InChI=1S/C21H23F3N2O3/c1-29-18(28)19-6-9-20(10-7-19,11-8-19)25-12-13-2-3-14-15(26-13)4-5-16(27)17(14)21(22,23)24/h2-5,25,27H,6-12H2,1H3. The van der Waals surface area contributed by atoms with Crippen LogP contribution in [0.2, 0.25) is 0 Å². The van der Waals surface area contributed by atoms with Gasteiger partial charge >= 0.3 is 12.1 Å². The van der Waals surface area contributed by atoms with E-state index < -0.39 is 17.5 Å². The van der Waals surface area contributed by atoms with Gasteiger partial charge in [0.25, 0.3) is 0 Å². The smallest absolute Gasteiger partial charge is 0.420 e. The number of carbonyl (C=O) groups excluding carboxylic acids is 1. The number of aromatic hydroxyl groups is 1. The van der Waals surface area contributed by atoms with Crippen molar-refractivity contribution in [3.8, 4) is 5.75 Å². The van der Waals surface area contributed by atoms with E-state index in [2.05, 4.69) is 10.3 Å². The van der Waals surface area contributed by atoms with Gasteiger partial charge < -0.3 is 15.2 Å². The highest BCUT2D eigenvalue weighted by Crippen LogP contribution is 2.53. The second kappa shape index (κ2) is 6.86. The molecule has 5 rings (SSSR count). The number of rotatable bonds is 4. The fourth-order valence-corrected chi connectivity index (χ4v) is 4.88. The molecule has 0 spiro atoms. The van der Waals surface area contributed by atoms with Crippen LogP contribution in [0, 0.1) is 5.41 Å². The number of hydrogen-bond acceptors (Lipinski definition) is 5. The number of phenolic OH excluding ortho intramolecular Hbond substituents is 1. The molecule has 5 nitrogen and oxygen atoms in total. The monoisotopic (exact) mass is 408 g/mol. The van der Waals surface area contributed by atoms with Crippen molar-refractivity contribution >= 4 is 16.9 Å². The van der Waals surface area contributed by atoms with Crippen LogP contribution >= 0.6 is 0 Å². The average Bonchev–Trinajstić information content (AvgIpc) is 2.72.